The van der Waals surface area contributed by atoms with Crippen molar-refractivity contribution in [2.45, 2.75) is 57.2 Å². The predicted molar refractivity (Wildman–Crippen MR) is 166 cm³/mol. The lowest BCUT2D eigenvalue weighted by Gasteiger charge is -2.37. The van der Waals surface area contributed by atoms with Gasteiger partial charge in [0.25, 0.3) is 5.91 Å². The van der Waals surface area contributed by atoms with Gasteiger partial charge in [0.1, 0.15) is 0 Å². The number of nitrogens with one attached hydrogen (secondary N) is 1. The number of hydrogen-bond donors (Lipinski definition) is 2. The van der Waals surface area contributed by atoms with E-state index in [4.69, 9.17) is 5.73 Å². The van der Waals surface area contributed by atoms with Crippen molar-refractivity contribution in [2.24, 2.45) is 23.5 Å². The lowest BCUT2D eigenvalue weighted by atomic mass is 9.86. The monoisotopic (exact) mass is 641 g/mol. The molecule has 4 atom stereocenters. The number of amides is 4. The highest BCUT2D eigenvalue weighted by molar-refractivity contribution is 6.00. The summed E-state index contributed by atoms with van der Waals surface area (Å²) in [4.78, 5) is 56.6. The number of alkyl halides is 3. The minimum Gasteiger partial charge on any atom is -0.368 e. The molecule has 0 spiro atoms. The van der Waals surface area contributed by atoms with E-state index in [1.807, 2.05) is 19.0 Å². The summed E-state index contributed by atoms with van der Waals surface area (Å²) in [6.07, 6.45) is 0.880. The summed E-state index contributed by atoms with van der Waals surface area (Å²) in [5.74, 6) is 0.231. The molecule has 2 aromatic carbocycles. The lowest BCUT2D eigenvalue weighted by molar-refractivity contribution is -0.137. The summed E-state index contributed by atoms with van der Waals surface area (Å²) in [5, 5.41) is 2.96. The topological polar surface area (TPSA) is 116 Å². The Balaban J connectivity index is 1.35. The molecule has 2 bridgehead atoms. The molecule has 2 aliphatic carbocycles. The number of nitrogens with two attached hydrogens (primary N) is 1. The highest BCUT2D eigenvalue weighted by Gasteiger charge is 2.40. The SMILES string of the molecule is CN(C)CCN(CC(N)=O)C(=O)CCN1C(=O)c2cc(NC(=O)CC3C[C@H]4CC[C@@H]3C4)ccc2CC1c1ccc(C(F)(F)F)cc1. The van der Waals surface area contributed by atoms with E-state index in [2.05, 4.69) is 5.32 Å². The van der Waals surface area contributed by atoms with Gasteiger partial charge in [0.2, 0.25) is 17.7 Å². The second-order valence-corrected chi connectivity index (χ2v) is 13.2. The molecule has 3 aliphatic rings. The van der Waals surface area contributed by atoms with Crippen molar-refractivity contribution < 1.29 is 32.3 Å². The minimum absolute atomic E-state index is 0.0269. The van der Waals surface area contributed by atoms with Gasteiger partial charge in [-0.2, -0.15) is 13.2 Å². The highest BCUT2D eigenvalue weighted by atomic mass is 19.4. The second kappa shape index (κ2) is 13.8. The first-order valence-corrected chi connectivity index (χ1v) is 15.9. The summed E-state index contributed by atoms with van der Waals surface area (Å²) >= 11 is 0. The molecule has 5 rings (SSSR count). The summed E-state index contributed by atoms with van der Waals surface area (Å²) in [7, 11) is 3.67. The number of hydrogen-bond acceptors (Lipinski definition) is 5. The molecule has 12 heteroatoms. The number of anilines is 1. The van der Waals surface area contributed by atoms with Crippen molar-refractivity contribution in [1.29, 1.82) is 0 Å². The van der Waals surface area contributed by atoms with Crippen LogP contribution in [0.15, 0.2) is 42.5 Å². The van der Waals surface area contributed by atoms with Gasteiger partial charge in [-0.1, -0.05) is 24.6 Å². The summed E-state index contributed by atoms with van der Waals surface area (Å²) in [6, 6.07) is 9.25. The van der Waals surface area contributed by atoms with Crippen molar-refractivity contribution in [3.63, 3.8) is 0 Å². The number of carbonyl (C=O) groups is 4. The van der Waals surface area contributed by atoms with E-state index < -0.39 is 29.6 Å². The zero-order valence-electron chi connectivity index (χ0n) is 26.3. The van der Waals surface area contributed by atoms with Crippen LogP contribution in [0.2, 0.25) is 0 Å². The maximum absolute atomic E-state index is 14.0. The van der Waals surface area contributed by atoms with E-state index in [0.717, 1.165) is 24.5 Å². The first-order chi connectivity index (χ1) is 21.8. The van der Waals surface area contributed by atoms with E-state index in [1.165, 1.54) is 41.2 Å². The smallest absolute Gasteiger partial charge is 0.368 e. The Bertz CT molecular complexity index is 1460. The Kier molecular flexibility index (Phi) is 10.0. The average molecular weight is 642 g/mol. The van der Waals surface area contributed by atoms with E-state index in [1.54, 1.807) is 18.2 Å². The minimum atomic E-state index is -4.51. The van der Waals surface area contributed by atoms with Crippen LogP contribution >= 0.6 is 0 Å². The molecule has 4 amide bonds. The molecule has 3 N–H and O–H groups in total. The molecule has 2 fully saturated rings. The van der Waals surface area contributed by atoms with Crippen LogP contribution in [0.5, 0.6) is 0 Å². The van der Waals surface area contributed by atoms with Crippen LogP contribution in [0.25, 0.3) is 0 Å². The Labute approximate surface area is 267 Å². The van der Waals surface area contributed by atoms with Crippen molar-refractivity contribution in [3.8, 4) is 0 Å². The van der Waals surface area contributed by atoms with Gasteiger partial charge in [-0.15, -0.1) is 0 Å². The fourth-order valence-corrected chi connectivity index (χ4v) is 7.35. The molecule has 0 radical (unpaired) electrons. The number of likely N-dealkylation sites (N-methyl/N-ethyl adjacent to an activating group) is 1. The van der Waals surface area contributed by atoms with Crippen molar-refractivity contribution in [2.75, 3.05) is 45.6 Å². The van der Waals surface area contributed by atoms with E-state index in [-0.39, 0.29) is 37.9 Å². The molecule has 46 heavy (non-hydrogen) atoms. The van der Waals surface area contributed by atoms with Gasteiger partial charge >= 0.3 is 6.18 Å². The van der Waals surface area contributed by atoms with Gasteiger partial charge < -0.3 is 25.8 Å². The molecule has 1 heterocycles. The van der Waals surface area contributed by atoms with E-state index in [9.17, 15) is 32.3 Å². The summed E-state index contributed by atoms with van der Waals surface area (Å²) < 4.78 is 39.9. The zero-order valence-corrected chi connectivity index (χ0v) is 26.3. The van der Waals surface area contributed by atoms with E-state index >= 15 is 0 Å². The largest absolute Gasteiger partial charge is 0.416 e. The summed E-state index contributed by atoms with van der Waals surface area (Å²) in [6.45, 7) is 0.469. The standard InChI is InChI=1S/C34H42F3N5O4/c1-40(2)13-14-41(20-30(38)43)32(45)11-12-42-29(22-5-8-26(9-6-22)34(35,36)37)17-24-7-10-27(19-28(24)33(42)46)39-31(44)18-25-16-21-3-4-23(25)15-21/h5-10,19,21,23,25,29H,3-4,11-18,20H2,1-2H3,(H2,38,43)(H,39,44)/t21-,23+,25?,29?/m0/s1. The van der Waals surface area contributed by atoms with Crippen molar-refractivity contribution >= 4 is 29.3 Å². The average Bonchev–Trinajstić information content (AvgIpc) is 3.61. The molecule has 0 aromatic heterocycles. The molecular formula is C34H42F3N5O4. The lowest BCUT2D eigenvalue weighted by Crippen LogP contribution is -2.45. The quantitative estimate of drug-likeness (QED) is 0.355. The maximum atomic E-state index is 14.0. The van der Waals surface area contributed by atoms with Gasteiger partial charge in [0.05, 0.1) is 18.2 Å². The second-order valence-electron chi connectivity index (χ2n) is 13.2. The number of nitrogens with zero attached hydrogens (tertiary/aromatic N) is 3. The maximum Gasteiger partial charge on any atom is 0.416 e. The first-order valence-electron chi connectivity index (χ1n) is 15.9. The molecular weight excluding hydrogens is 599 g/mol. The fraction of sp³-hybridized carbons (Fsp3) is 0.529. The fourth-order valence-electron chi connectivity index (χ4n) is 7.35. The molecule has 2 unspecified atom stereocenters. The van der Waals surface area contributed by atoms with Gasteiger partial charge in [0, 0.05) is 43.7 Å². The zero-order chi connectivity index (χ0) is 33.2. The van der Waals surface area contributed by atoms with Crippen LogP contribution in [0, 0.1) is 17.8 Å². The number of benzene rings is 2. The third-order valence-corrected chi connectivity index (χ3v) is 9.71. The Morgan fingerprint density at radius 2 is 1.76 bits per heavy atom. The van der Waals surface area contributed by atoms with Crippen LogP contribution < -0.4 is 11.1 Å². The van der Waals surface area contributed by atoms with Crippen LogP contribution in [0.1, 0.15) is 71.6 Å². The van der Waals surface area contributed by atoms with Crippen LogP contribution in [0.3, 0.4) is 0 Å². The van der Waals surface area contributed by atoms with Crippen molar-refractivity contribution in [1.82, 2.24) is 14.7 Å². The van der Waals surface area contributed by atoms with Crippen LogP contribution in [-0.2, 0) is 27.0 Å². The summed E-state index contributed by atoms with van der Waals surface area (Å²) in [5.41, 5.74) is 6.66. The van der Waals surface area contributed by atoms with Crippen LogP contribution in [-0.4, -0.2) is 78.6 Å². The number of primary amides is 1. The van der Waals surface area contributed by atoms with Gasteiger partial charge in [-0.05, 0) is 92.9 Å². The highest BCUT2D eigenvalue weighted by Crippen LogP contribution is 2.49. The number of carbonyl (C=O) groups excluding carboxylic acids is 4. The number of halogens is 3. The molecule has 2 aromatic rings. The van der Waals surface area contributed by atoms with E-state index in [0.29, 0.717) is 53.6 Å². The Morgan fingerprint density at radius 1 is 1.02 bits per heavy atom. The van der Waals surface area contributed by atoms with Gasteiger partial charge in [0.15, 0.2) is 0 Å². The van der Waals surface area contributed by atoms with Crippen molar-refractivity contribution in [3.05, 3.63) is 64.7 Å². The van der Waals surface area contributed by atoms with Gasteiger partial charge in [-0.3, -0.25) is 19.2 Å². The number of fused-ring (bicyclic) bond motifs is 3. The molecule has 2 saturated carbocycles. The normalized spacial score (nSPS) is 22.2. The molecule has 9 nitrogen and oxygen atoms in total. The third-order valence-electron chi connectivity index (χ3n) is 9.71. The predicted octanol–water partition coefficient (Wildman–Crippen LogP) is 4.48. The van der Waals surface area contributed by atoms with Gasteiger partial charge in [-0.25, -0.2) is 0 Å². The van der Waals surface area contributed by atoms with Crippen LogP contribution in [0.4, 0.5) is 18.9 Å². The third kappa shape index (κ3) is 7.89. The Morgan fingerprint density at radius 3 is 2.37 bits per heavy atom. The first kappa shape index (κ1) is 33.4. The number of rotatable bonds is 12. The Hall–Kier alpha value is -3.93. The molecule has 248 valence electrons. The molecule has 0 saturated heterocycles. The molecule has 1 aliphatic heterocycles.